The number of aryl methyl sites for hydroxylation is 1. The highest BCUT2D eigenvalue weighted by Gasteiger charge is 2.26. The van der Waals surface area contributed by atoms with Gasteiger partial charge in [0.15, 0.2) is 0 Å². The summed E-state index contributed by atoms with van der Waals surface area (Å²) in [4.78, 5) is 12.2. The molecule has 3 rings (SSSR count). The van der Waals surface area contributed by atoms with Gasteiger partial charge in [0.1, 0.15) is 11.4 Å². The molecule has 1 heterocycles. The summed E-state index contributed by atoms with van der Waals surface area (Å²) < 4.78 is 18.6. The zero-order chi connectivity index (χ0) is 18.5. The molecule has 0 aliphatic rings. The lowest BCUT2D eigenvalue weighted by atomic mass is 9.76. The number of para-hydroxylation sites is 1. The van der Waals surface area contributed by atoms with E-state index in [0.29, 0.717) is 17.6 Å². The maximum absolute atomic E-state index is 13.2. The van der Waals surface area contributed by atoms with Gasteiger partial charge in [-0.15, -0.1) is 0 Å². The summed E-state index contributed by atoms with van der Waals surface area (Å²) in [5.41, 5.74) is 2.19. The average Bonchev–Trinajstić information content (AvgIpc) is 3.02. The first-order valence-electron chi connectivity index (χ1n) is 8.38. The van der Waals surface area contributed by atoms with E-state index in [0.717, 1.165) is 10.9 Å². The van der Waals surface area contributed by atoms with Gasteiger partial charge in [0, 0.05) is 11.8 Å². The third-order valence-electron chi connectivity index (χ3n) is 4.24. The van der Waals surface area contributed by atoms with Gasteiger partial charge in [-0.05, 0) is 42.2 Å². The number of rotatable bonds is 7. The van der Waals surface area contributed by atoms with Gasteiger partial charge in [-0.25, -0.2) is 4.39 Å². The van der Waals surface area contributed by atoms with Crippen molar-refractivity contribution in [2.75, 3.05) is 0 Å². The van der Waals surface area contributed by atoms with Gasteiger partial charge in [-0.1, -0.05) is 30.3 Å². The van der Waals surface area contributed by atoms with E-state index >= 15 is 0 Å². The second-order valence-corrected chi connectivity index (χ2v) is 6.18. The second kappa shape index (κ2) is 8.16. The predicted octanol–water partition coefficient (Wildman–Crippen LogP) is 2.24. The molecule has 1 amide bonds. The molecule has 0 aliphatic carbocycles. The molecule has 5 nitrogen and oxygen atoms in total. The van der Waals surface area contributed by atoms with Crippen LogP contribution in [0.1, 0.15) is 17.5 Å². The van der Waals surface area contributed by atoms with Crippen molar-refractivity contribution in [1.29, 1.82) is 0 Å². The van der Waals surface area contributed by atoms with Crippen LogP contribution in [0.5, 0.6) is 0 Å². The number of amides is 1. The van der Waals surface area contributed by atoms with E-state index in [-0.39, 0.29) is 24.6 Å². The van der Waals surface area contributed by atoms with Gasteiger partial charge >= 0.3 is 7.12 Å². The highest BCUT2D eigenvalue weighted by Crippen LogP contribution is 2.22. The van der Waals surface area contributed by atoms with Crippen molar-refractivity contribution >= 4 is 24.0 Å². The Morgan fingerprint density at radius 3 is 2.77 bits per heavy atom. The van der Waals surface area contributed by atoms with Crippen molar-refractivity contribution in [3.63, 3.8) is 0 Å². The van der Waals surface area contributed by atoms with Crippen molar-refractivity contribution in [2.24, 2.45) is 0 Å². The fraction of sp³-hybridized carbons (Fsp3) is 0.211. The molecular weight excluding hydrogens is 336 g/mol. The van der Waals surface area contributed by atoms with E-state index in [4.69, 9.17) is 4.42 Å². The largest absolute Gasteiger partial charge is 0.475 e. The van der Waals surface area contributed by atoms with Crippen molar-refractivity contribution in [1.82, 2.24) is 5.32 Å². The zero-order valence-corrected chi connectivity index (χ0v) is 14.1. The molecule has 0 fully saturated rings. The van der Waals surface area contributed by atoms with Crippen LogP contribution in [0, 0.1) is 5.82 Å². The lowest BCUT2D eigenvalue weighted by molar-refractivity contribution is -0.121. The second-order valence-electron chi connectivity index (χ2n) is 6.18. The van der Waals surface area contributed by atoms with E-state index in [2.05, 4.69) is 5.32 Å². The van der Waals surface area contributed by atoms with Gasteiger partial charge in [0.2, 0.25) is 5.91 Å². The van der Waals surface area contributed by atoms with E-state index in [9.17, 15) is 19.2 Å². The first-order valence-corrected chi connectivity index (χ1v) is 8.38. The number of carbonyl (C=O) groups is 1. The molecule has 134 valence electrons. The van der Waals surface area contributed by atoms with E-state index in [1.54, 1.807) is 18.4 Å². The summed E-state index contributed by atoms with van der Waals surface area (Å²) in [6.07, 6.45) is 2.27. The standard InChI is InChI=1S/C19H19BFNO4/c21-15-5-3-4-13(10-15)8-9-19(23)22-18(20(24)25)11-14-12-26-17-7-2-1-6-16(14)17/h1-7,10,12,18,24-25H,8-9,11H2,(H,22,23)/t18-/m0/s1. The first-order chi connectivity index (χ1) is 12.5. The molecule has 3 N–H and O–H groups in total. The molecule has 26 heavy (non-hydrogen) atoms. The van der Waals surface area contributed by atoms with Crippen LogP contribution in [0.15, 0.2) is 59.2 Å². The number of carbonyl (C=O) groups excluding carboxylic acids is 1. The Hall–Kier alpha value is -2.64. The lowest BCUT2D eigenvalue weighted by Crippen LogP contribution is -2.47. The maximum atomic E-state index is 13.2. The van der Waals surface area contributed by atoms with Crippen molar-refractivity contribution in [2.45, 2.75) is 25.2 Å². The topological polar surface area (TPSA) is 82.7 Å². The Morgan fingerprint density at radius 2 is 2.00 bits per heavy atom. The van der Waals surface area contributed by atoms with Crippen LogP contribution in [0.25, 0.3) is 11.0 Å². The van der Waals surface area contributed by atoms with E-state index < -0.39 is 13.1 Å². The van der Waals surface area contributed by atoms with Crippen LogP contribution < -0.4 is 5.32 Å². The molecule has 1 atom stereocenters. The van der Waals surface area contributed by atoms with E-state index in [1.807, 2.05) is 24.3 Å². The number of halogens is 1. The van der Waals surface area contributed by atoms with Crippen LogP contribution in [0.4, 0.5) is 4.39 Å². The average molecular weight is 355 g/mol. The zero-order valence-electron chi connectivity index (χ0n) is 14.1. The first kappa shape index (κ1) is 18.2. The fourth-order valence-electron chi connectivity index (χ4n) is 2.89. The molecule has 0 bridgehead atoms. The summed E-state index contributed by atoms with van der Waals surface area (Å²) in [6.45, 7) is 0. The summed E-state index contributed by atoms with van der Waals surface area (Å²) in [5, 5.41) is 22.7. The van der Waals surface area contributed by atoms with Crippen LogP contribution >= 0.6 is 0 Å². The number of fused-ring (bicyclic) bond motifs is 1. The quantitative estimate of drug-likeness (QED) is 0.568. The van der Waals surface area contributed by atoms with Gasteiger partial charge in [-0.2, -0.15) is 0 Å². The van der Waals surface area contributed by atoms with Gasteiger partial charge in [-0.3, -0.25) is 4.79 Å². The Morgan fingerprint density at radius 1 is 1.19 bits per heavy atom. The Balaban J connectivity index is 1.62. The smallest absolute Gasteiger partial charge is 0.464 e. The highest BCUT2D eigenvalue weighted by atomic mass is 19.1. The summed E-state index contributed by atoms with van der Waals surface area (Å²) >= 11 is 0. The predicted molar refractivity (Wildman–Crippen MR) is 96.8 cm³/mol. The number of benzene rings is 2. The maximum Gasteiger partial charge on any atom is 0.475 e. The fourth-order valence-corrected chi connectivity index (χ4v) is 2.89. The molecular formula is C19H19BFNO4. The Kier molecular flexibility index (Phi) is 5.70. The molecule has 0 saturated carbocycles. The molecule has 0 radical (unpaired) electrons. The van der Waals surface area contributed by atoms with Crippen LogP contribution in [-0.4, -0.2) is 29.0 Å². The van der Waals surface area contributed by atoms with Gasteiger partial charge in [0.25, 0.3) is 0 Å². The molecule has 7 heteroatoms. The molecule has 1 aromatic heterocycles. The molecule has 0 unspecified atom stereocenters. The van der Waals surface area contributed by atoms with Crippen LogP contribution in [-0.2, 0) is 17.6 Å². The highest BCUT2D eigenvalue weighted by molar-refractivity contribution is 6.43. The SMILES string of the molecule is O=C(CCc1cccc(F)c1)N[C@@H](Cc1coc2ccccc12)B(O)O. The lowest BCUT2D eigenvalue weighted by Gasteiger charge is -2.17. The molecule has 3 aromatic rings. The van der Waals surface area contributed by atoms with Crippen LogP contribution in [0.2, 0.25) is 0 Å². The van der Waals surface area contributed by atoms with Crippen LogP contribution in [0.3, 0.4) is 0 Å². The van der Waals surface area contributed by atoms with E-state index in [1.165, 1.54) is 12.1 Å². The Labute approximate surface area is 150 Å². The molecule has 0 saturated heterocycles. The summed E-state index contributed by atoms with van der Waals surface area (Å²) in [5.74, 6) is -1.55. The number of furan rings is 1. The minimum atomic E-state index is -1.71. The minimum Gasteiger partial charge on any atom is -0.464 e. The third-order valence-corrected chi connectivity index (χ3v) is 4.24. The summed E-state index contributed by atoms with van der Waals surface area (Å²) in [6, 6.07) is 13.5. The Bertz CT molecular complexity index is 896. The van der Waals surface area contributed by atoms with Gasteiger partial charge < -0.3 is 19.8 Å². The monoisotopic (exact) mass is 355 g/mol. The van der Waals surface area contributed by atoms with Crippen molar-refractivity contribution in [3.8, 4) is 0 Å². The van der Waals surface area contributed by atoms with Gasteiger partial charge in [0.05, 0.1) is 12.2 Å². The van der Waals surface area contributed by atoms with Crippen molar-refractivity contribution < 1.29 is 23.7 Å². The number of hydrogen-bond acceptors (Lipinski definition) is 4. The minimum absolute atomic E-state index is 0.124. The molecule has 0 aliphatic heterocycles. The summed E-state index contributed by atoms with van der Waals surface area (Å²) in [7, 11) is -1.71. The molecule has 0 spiro atoms. The number of hydrogen-bond donors (Lipinski definition) is 3. The van der Waals surface area contributed by atoms with Crippen molar-refractivity contribution in [3.05, 3.63) is 71.7 Å². The number of nitrogens with one attached hydrogen (secondary N) is 1. The normalized spacial score (nSPS) is 12.1. The molecule has 2 aromatic carbocycles. The third kappa shape index (κ3) is 4.50.